The Kier molecular flexibility index (Phi) is 20.5. The van der Waals surface area contributed by atoms with Crippen LogP contribution in [-0.2, 0) is 55.6 Å². The molecule has 3 aliphatic rings. The molecule has 6 N–H and O–H groups in total. The van der Waals surface area contributed by atoms with Crippen molar-refractivity contribution in [3.05, 3.63) is 188 Å². The van der Waals surface area contributed by atoms with Gasteiger partial charge in [-0.2, -0.15) is 0 Å². The van der Waals surface area contributed by atoms with Crippen molar-refractivity contribution in [2.75, 3.05) is 56.9 Å². The van der Waals surface area contributed by atoms with Crippen molar-refractivity contribution >= 4 is 17.1 Å². The Morgan fingerprint density at radius 1 is 0.494 bits per heavy atom. The van der Waals surface area contributed by atoms with Crippen LogP contribution in [0.4, 0.5) is 17.1 Å². The minimum absolute atomic E-state index is 0. The number of ether oxygens (including phenoxy) is 3. The van der Waals surface area contributed by atoms with E-state index in [2.05, 4.69) is 145 Å². The minimum atomic E-state index is -0.510. The van der Waals surface area contributed by atoms with Crippen molar-refractivity contribution < 1.29 is 46.9 Å². The van der Waals surface area contributed by atoms with Crippen molar-refractivity contribution in [2.45, 2.75) is 119 Å². The van der Waals surface area contributed by atoms with Crippen LogP contribution in [0, 0.1) is 20.8 Å². The van der Waals surface area contributed by atoms with Gasteiger partial charge in [0.25, 0.3) is 0 Å². The number of anilines is 3. The SMILES string of the molecule is COc1nc(C)c(=O)n(O)c1CC1CNc2c(CC=C(C)C)cccc21.COc1nc(C)c(=O)n(O)c1CC1CNc2c(CC=C(C)C)cccc21.COc1nc(C)c(=O)n(O)c1CC1CNc2c(CC=C(C)C)cccc21.[Fe]. The number of benzene rings is 3. The third-order valence-corrected chi connectivity index (χ3v) is 14.4. The van der Waals surface area contributed by atoms with E-state index in [4.69, 9.17) is 14.2 Å². The predicted octanol–water partition coefficient (Wildman–Crippen LogP) is 9.17. The molecule has 18 nitrogen and oxygen atoms in total. The third kappa shape index (κ3) is 13.7. The maximum Gasteiger partial charge on any atom is 0.304 e. The molecule has 0 bridgehead atoms. The molecule has 3 aromatic carbocycles. The zero-order valence-corrected chi connectivity index (χ0v) is 48.5. The summed E-state index contributed by atoms with van der Waals surface area (Å²) in [4.78, 5) is 48.7. The van der Waals surface area contributed by atoms with Gasteiger partial charge in [-0.25, -0.2) is 15.0 Å². The second-order valence-electron chi connectivity index (χ2n) is 20.8. The number of para-hydroxylation sites is 3. The number of aryl methyl sites for hydroxylation is 3. The summed E-state index contributed by atoms with van der Waals surface area (Å²) < 4.78 is 17.9. The molecular weight excluding hydrogens is 1050 g/mol. The molecule has 3 aromatic heterocycles. The first-order valence-corrected chi connectivity index (χ1v) is 26.3. The van der Waals surface area contributed by atoms with Crippen LogP contribution in [0.2, 0.25) is 0 Å². The number of aromatic nitrogens is 6. The van der Waals surface area contributed by atoms with Gasteiger partial charge in [-0.05, 0) is 115 Å². The van der Waals surface area contributed by atoms with Crippen LogP contribution < -0.4 is 46.8 Å². The third-order valence-electron chi connectivity index (χ3n) is 14.4. The van der Waals surface area contributed by atoms with Crippen LogP contribution >= 0.6 is 0 Å². The number of methoxy groups -OCH3 is 3. The molecule has 0 aliphatic carbocycles. The summed E-state index contributed by atoms with van der Waals surface area (Å²) in [7, 11) is 4.48. The molecule has 0 fully saturated rings. The molecule has 3 aliphatic heterocycles. The largest absolute Gasteiger partial charge is 0.480 e. The number of nitrogens with zero attached hydrogens (tertiary/aromatic N) is 6. The number of allylic oxidation sites excluding steroid dienone is 6. The number of hydrogen-bond donors (Lipinski definition) is 6. The van der Waals surface area contributed by atoms with E-state index >= 15 is 0 Å². The summed E-state index contributed by atoms with van der Waals surface area (Å²) in [5, 5.41) is 41.2. The smallest absolute Gasteiger partial charge is 0.304 e. The van der Waals surface area contributed by atoms with Gasteiger partial charge in [0, 0.05) is 90.8 Å². The summed E-state index contributed by atoms with van der Waals surface area (Å²) in [6, 6.07) is 18.9. The Hall–Kier alpha value is -7.76. The van der Waals surface area contributed by atoms with E-state index in [9.17, 15) is 30.0 Å². The molecule has 0 amide bonds. The van der Waals surface area contributed by atoms with Gasteiger partial charge in [-0.1, -0.05) is 89.5 Å². The van der Waals surface area contributed by atoms with Gasteiger partial charge in [0.1, 0.15) is 34.2 Å². The van der Waals surface area contributed by atoms with Gasteiger partial charge in [0.05, 0.1) is 21.3 Å². The van der Waals surface area contributed by atoms with E-state index in [0.717, 1.165) is 56.0 Å². The van der Waals surface area contributed by atoms with E-state index in [1.54, 1.807) is 20.8 Å². The van der Waals surface area contributed by atoms with Gasteiger partial charge in [-0.3, -0.25) is 14.4 Å². The average molecular weight is 1120 g/mol. The topological polar surface area (TPSA) is 229 Å². The molecule has 3 atom stereocenters. The standard InChI is InChI=1S/3C20H25N3O3.Fe/c3*1-12(2)8-9-14-6-5-7-16-15(11-21-18(14)16)10-17-19(26-4)22-13(3)20(24)23(17)25;/h3*5-8,15,21,25H,9-11H2,1-4H3;. The quantitative estimate of drug-likeness (QED) is 0.0320. The first-order valence-electron chi connectivity index (χ1n) is 26.3. The van der Waals surface area contributed by atoms with Crippen LogP contribution in [0.5, 0.6) is 17.6 Å². The zero-order chi connectivity index (χ0) is 56.5. The molecule has 0 saturated heterocycles. The zero-order valence-electron chi connectivity index (χ0n) is 47.4. The van der Waals surface area contributed by atoms with Gasteiger partial charge in [-0.15, -0.1) is 14.2 Å². The van der Waals surface area contributed by atoms with Crippen LogP contribution in [0.15, 0.2) is 104 Å². The molecule has 3 unspecified atom stereocenters. The Morgan fingerprint density at radius 3 is 0.975 bits per heavy atom. The number of hydrogen-bond acceptors (Lipinski definition) is 15. The summed E-state index contributed by atoms with van der Waals surface area (Å²) in [6.45, 7) is 19.5. The number of fused-ring (bicyclic) bond motifs is 3. The Labute approximate surface area is 472 Å². The number of nitrogens with one attached hydrogen (secondary N) is 3. The first kappa shape index (κ1) is 60.5. The maximum atomic E-state index is 12.1. The minimum Gasteiger partial charge on any atom is -0.480 e. The Morgan fingerprint density at radius 2 is 0.747 bits per heavy atom. The molecule has 6 heterocycles. The van der Waals surface area contributed by atoms with Crippen molar-refractivity contribution in [1.82, 2.24) is 29.1 Å². The van der Waals surface area contributed by atoms with Crippen molar-refractivity contribution in [2.24, 2.45) is 0 Å². The van der Waals surface area contributed by atoms with Crippen LogP contribution in [-0.4, -0.2) is 85.7 Å². The monoisotopic (exact) mass is 1120 g/mol. The van der Waals surface area contributed by atoms with Crippen LogP contribution in [0.1, 0.15) is 127 Å². The fourth-order valence-electron chi connectivity index (χ4n) is 10.1. The summed E-state index contributed by atoms with van der Waals surface area (Å²) >= 11 is 0. The Bertz CT molecular complexity index is 3100. The van der Waals surface area contributed by atoms with Gasteiger partial charge in [0.2, 0.25) is 17.6 Å². The van der Waals surface area contributed by atoms with Crippen molar-refractivity contribution in [1.29, 1.82) is 0 Å². The second-order valence-corrected chi connectivity index (χ2v) is 20.8. The number of rotatable bonds is 15. The first-order chi connectivity index (χ1) is 37.3. The fraction of sp³-hybridized carbons (Fsp3) is 0.400. The fourth-order valence-corrected chi connectivity index (χ4v) is 10.1. The molecule has 0 saturated carbocycles. The predicted molar refractivity (Wildman–Crippen MR) is 304 cm³/mol. The molecule has 0 spiro atoms. The van der Waals surface area contributed by atoms with Gasteiger partial charge >= 0.3 is 16.7 Å². The van der Waals surface area contributed by atoms with E-state index in [1.807, 2.05) is 0 Å². The molecular formula is C60H75FeN9O9. The summed E-state index contributed by atoms with van der Waals surface area (Å²) in [6.07, 6.45) is 10.7. The molecule has 79 heavy (non-hydrogen) atoms. The van der Waals surface area contributed by atoms with E-state index in [0.29, 0.717) is 68.2 Å². The van der Waals surface area contributed by atoms with Crippen LogP contribution in [0.3, 0.4) is 0 Å². The second kappa shape index (κ2) is 26.7. The molecule has 0 radical (unpaired) electrons. The summed E-state index contributed by atoms with van der Waals surface area (Å²) in [5.74, 6) is 1.27. The van der Waals surface area contributed by atoms with E-state index in [-0.39, 0.29) is 51.9 Å². The van der Waals surface area contributed by atoms with Crippen LogP contribution in [0.25, 0.3) is 0 Å². The van der Waals surface area contributed by atoms with E-state index in [1.165, 1.54) is 71.4 Å². The molecule has 422 valence electrons. The molecule has 9 rings (SSSR count). The maximum absolute atomic E-state index is 12.1. The van der Waals surface area contributed by atoms with Gasteiger partial charge < -0.3 is 45.8 Å². The van der Waals surface area contributed by atoms with Crippen molar-refractivity contribution in [3.63, 3.8) is 0 Å². The normalized spacial score (nSPS) is 15.1. The average Bonchev–Trinajstić information content (AvgIpc) is 4.19. The Balaban J connectivity index is 0.000000190. The molecule has 6 aromatic rings. The van der Waals surface area contributed by atoms with Crippen molar-refractivity contribution in [3.8, 4) is 17.6 Å². The van der Waals surface area contributed by atoms with Gasteiger partial charge in [0.15, 0.2) is 0 Å². The molecule has 19 heteroatoms. The summed E-state index contributed by atoms with van der Waals surface area (Å²) in [5.41, 5.74) is 15.0. The van der Waals surface area contributed by atoms with E-state index < -0.39 is 16.7 Å².